The van der Waals surface area contributed by atoms with Gasteiger partial charge in [0.25, 0.3) is 10.0 Å². The molecule has 0 aromatic heterocycles. The maximum absolute atomic E-state index is 12.3. The van der Waals surface area contributed by atoms with Crippen LogP contribution in [0, 0.1) is 0 Å². The van der Waals surface area contributed by atoms with Gasteiger partial charge < -0.3 is 4.74 Å². The van der Waals surface area contributed by atoms with Crippen LogP contribution < -0.4 is 0 Å². The number of benzene rings is 2. The second-order valence-electron chi connectivity index (χ2n) is 4.12. The van der Waals surface area contributed by atoms with Gasteiger partial charge in [0.15, 0.2) is 0 Å². The number of nitrogens with zero attached hydrogens (tertiary/aromatic N) is 1. The van der Waals surface area contributed by atoms with Gasteiger partial charge in [0, 0.05) is 10.6 Å². The largest absolute Gasteiger partial charge is 0.477 e. The van der Waals surface area contributed by atoms with Crippen LogP contribution in [-0.2, 0) is 14.8 Å². The summed E-state index contributed by atoms with van der Waals surface area (Å²) in [4.78, 5) is 0.0695. The van der Waals surface area contributed by atoms with E-state index in [9.17, 15) is 8.42 Å². The quantitative estimate of drug-likeness (QED) is 0.639. The lowest BCUT2D eigenvalue weighted by molar-refractivity contribution is 0.329. The molecule has 0 radical (unpaired) electrons. The van der Waals surface area contributed by atoms with E-state index in [1.54, 1.807) is 31.2 Å². The predicted octanol–water partition coefficient (Wildman–Crippen LogP) is 3.51. The average molecular weight is 324 g/mol. The molecular weight excluding hydrogens is 310 g/mol. The zero-order valence-corrected chi connectivity index (χ0v) is 12.9. The first kappa shape index (κ1) is 15.5. The smallest absolute Gasteiger partial charge is 0.285 e. The fourth-order valence-corrected chi connectivity index (χ4v) is 2.74. The van der Waals surface area contributed by atoms with Crippen molar-refractivity contribution in [3.05, 3.63) is 65.2 Å². The third-order valence-corrected chi connectivity index (χ3v) is 4.14. The van der Waals surface area contributed by atoms with Crippen LogP contribution in [0.25, 0.3) is 0 Å². The second-order valence-corrected chi connectivity index (χ2v) is 6.17. The van der Waals surface area contributed by atoms with Gasteiger partial charge in [0.05, 0.1) is 11.5 Å². The van der Waals surface area contributed by atoms with Crippen molar-refractivity contribution in [2.45, 2.75) is 11.8 Å². The van der Waals surface area contributed by atoms with Gasteiger partial charge in [-0.3, -0.25) is 0 Å². The van der Waals surface area contributed by atoms with Crippen LogP contribution in [0.15, 0.2) is 63.9 Å². The van der Waals surface area contributed by atoms with E-state index in [1.807, 2.05) is 6.07 Å². The standard InChI is InChI=1S/C15H14ClNO3S/c1-2-20-15(12-6-4-3-5-7-12)17-21(18,19)14-10-8-13(16)9-11-14/h3-11H,2H2,1H3/b17-15-. The van der Waals surface area contributed by atoms with Crippen LogP contribution >= 0.6 is 11.6 Å². The molecule has 2 rings (SSSR count). The summed E-state index contributed by atoms with van der Waals surface area (Å²) < 4.78 is 33.7. The molecule has 0 fully saturated rings. The highest BCUT2D eigenvalue weighted by atomic mass is 35.5. The Morgan fingerprint density at radius 1 is 1.10 bits per heavy atom. The fraction of sp³-hybridized carbons (Fsp3) is 0.133. The van der Waals surface area contributed by atoms with E-state index in [0.717, 1.165) is 0 Å². The van der Waals surface area contributed by atoms with Gasteiger partial charge in [0.1, 0.15) is 0 Å². The van der Waals surface area contributed by atoms with E-state index in [0.29, 0.717) is 17.2 Å². The maximum Gasteiger partial charge on any atom is 0.285 e. The number of sulfonamides is 1. The van der Waals surface area contributed by atoms with Crippen LogP contribution in [0.5, 0.6) is 0 Å². The molecule has 0 saturated carbocycles. The Bertz CT molecular complexity index is 725. The SMILES string of the molecule is CCO/C(=N\S(=O)(=O)c1ccc(Cl)cc1)c1ccccc1. The molecule has 2 aromatic rings. The molecule has 0 N–H and O–H groups in total. The van der Waals surface area contributed by atoms with Gasteiger partial charge in [0.2, 0.25) is 5.90 Å². The average Bonchev–Trinajstić information content (AvgIpc) is 2.48. The maximum atomic E-state index is 12.3. The summed E-state index contributed by atoms with van der Waals surface area (Å²) in [6, 6.07) is 14.7. The molecule has 4 nitrogen and oxygen atoms in total. The van der Waals surface area contributed by atoms with Crippen molar-refractivity contribution in [3.63, 3.8) is 0 Å². The van der Waals surface area contributed by atoms with Gasteiger partial charge >= 0.3 is 0 Å². The Labute approximate surface area is 129 Å². The normalized spacial score (nSPS) is 12.2. The van der Waals surface area contributed by atoms with E-state index < -0.39 is 10.0 Å². The van der Waals surface area contributed by atoms with E-state index in [2.05, 4.69) is 4.40 Å². The number of ether oxygens (including phenoxy) is 1. The monoisotopic (exact) mass is 323 g/mol. The van der Waals surface area contributed by atoms with Crippen LogP contribution in [0.1, 0.15) is 12.5 Å². The molecule has 0 atom stereocenters. The number of rotatable bonds is 4. The lowest BCUT2D eigenvalue weighted by Crippen LogP contribution is -2.10. The Balaban J connectivity index is 2.44. The van der Waals surface area contributed by atoms with Crippen LogP contribution in [0.3, 0.4) is 0 Å². The summed E-state index contributed by atoms with van der Waals surface area (Å²) >= 11 is 5.76. The number of hydrogen-bond acceptors (Lipinski definition) is 3. The zero-order valence-electron chi connectivity index (χ0n) is 11.4. The molecule has 0 amide bonds. The van der Waals surface area contributed by atoms with Gasteiger partial charge in [-0.25, -0.2) is 0 Å². The van der Waals surface area contributed by atoms with Crippen molar-refractivity contribution in [3.8, 4) is 0 Å². The highest BCUT2D eigenvalue weighted by Crippen LogP contribution is 2.17. The molecular formula is C15H14ClNO3S. The Hall–Kier alpha value is -1.85. The first-order valence-corrected chi connectivity index (χ1v) is 8.13. The summed E-state index contributed by atoms with van der Waals surface area (Å²) in [7, 11) is -3.84. The lowest BCUT2D eigenvalue weighted by Gasteiger charge is -2.07. The van der Waals surface area contributed by atoms with Crippen LogP contribution in [0.2, 0.25) is 5.02 Å². The Morgan fingerprint density at radius 3 is 2.29 bits per heavy atom. The van der Waals surface area contributed by atoms with E-state index in [4.69, 9.17) is 16.3 Å². The van der Waals surface area contributed by atoms with Crippen molar-refractivity contribution < 1.29 is 13.2 Å². The summed E-state index contributed by atoms with van der Waals surface area (Å²) in [5.41, 5.74) is 0.608. The molecule has 21 heavy (non-hydrogen) atoms. The molecule has 110 valence electrons. The molecule has 0 aliphatic carbocycles. The van der Waals surface area contributed by atoms with E-state index in [1.165, 1.54) is 24.3 Å². The minimum absolute atomic E-state index is 0.0695. The molecule has 0 spiro atoms. The van der Waals surface area contributed by atoms with Crippen molar-refractivity contribution in [1.82, 2.24) is 0 Å². The van der Waals surface area contributed by atoms with Gasteiger partial charge in [-0.2, -0.15) is 8.42 Å². The fourth-order valence-electron chi connectivity index (χ4n) is 1.65. The molecule has 0 saturated heterocycles. The molecule has 6 heteroatoms. The second kappa shape index (κ2) is 6.74. The molecule has 0 bridgehead atoms. The Kier molecular flexibility index (Phi) is 4.98. The van der Waals surface area contributed by atoms with Gasteiger partial charge in [-0.15, -0.1) is 4.40 Å². The summed E-state index contributed by atoms with van der Waals surface area (Å²) in [5.74, 6) is 0.0769. The van der Waals surface area contributed by atoms with Crippen molar-refractivity contribution in [1.29, 1.82) is 0 Å². The minimum Gasteiger partial charge on any atom is -0.477 e. The third kappa shape index (κ3) is 4.06. The number of halogens is 1. The lowest BCUT2D eigenvalue weighted by atomic mass is 10.2. The van der Waals surface area contributed by atoms with Crippen molar-refractivity contribution in [2.75, 3.05) is 6.61 Å². The molecule has 0 aliphatic rings. The van der Waals surface area contributed by atoms with E-state index in [-0.39, 0.29) is 10.8 Å². The molecule has 0 heterocycles. The molecule has 0 aliphatic heterocycles. The topological polar surface area (TPSA) is 55.7 Å². The minimum atomic E-state index is -3.84. The van der Waals surface area contributed by atoms with Gasteiger partial charge in [-0.05, 0) is 43.3 Å². The summed E-state index contributed by atoms with van der Waals surface area (Å²) in [6.07, 6.45) is 0. The first-order valence-electron chi connectivity index (χ1n) is 6.31. The third-order valence-electron chi connectivity index (χ3n) is 2.62. The predicted molar refractivity (Wildman–Crippen MR) is 83.2 cm³/mol. The van der Waals surface area contributed by atoms with E-state index >= 15 is 0 Å². The first-order chi connectivity index (χ1) is 10.0. The van der Waals surface area contributed by atoms with Crippen molar-refractivity contribution in [2.24, 2.45) is 4.40 Å². The van der Waals surface area contributed by atoms with Crippen molar-refractivity contribution >= 4 is 27.5 Å². The summed E-state index contributed by atoms with van der Waals surface area (Å²) in [6.45, 7) is 2.09. The number of hydrogen-bond donors (Lipinski definition) is 0. The Morgan fingerprint density at radius 2 is 1.71 bits per heavy atom. The molecule has 2 aromatic carbocycles. The van der Waals surface area contributed by atoms with Gasteiger partial charge in [-0.1, -0.05) is 29.8 Å². The zero-order chi connectivity index (χ0) is 15.3. The highest BCUT2D eigenvalue weighted by molar-refractivity contribution is 7.90. The summed E-state index contributed by atoms with van der Waals surface area (Å²) in [5, 5.41) is 0.464. The molecule has 0 unspecified atom stereocenters. The van der Waals surface area contributed by atoms with Crippen LogP contribution in [-0.4, -0.2) is 20.9 Å². The van der Waals surface area contributed by atoms with Crippen LogP contribution in [0.4, 0.5) is 0 Å². The highest BCUT2D eigenvalue weighted by Gasteiger charge is 2.16.